The maximum atomic E-state index is 12.4. The number of hydrogen-bond acceptors (Lipinski definition) is 5. The van der Waals surface area contributed by atoms with Gasteiger partial charge in [0, 0.05) is 25.5 Å². The van der Waals surface area contributed by atoms with Crippen LogP contribution in [0.1, 0.15) is 18.4 Å². The van der Waals surface area contributed by atoms with Gasteiger partial charge in [-0.15, -0.1) is 0 Å². The van der Waals surface area contributed by atoms with Crippen LogP contribution in [0, 0.1) is 0 Å². The fraction of sp³-hybridized carbons (Fsp3) is 0.421. The Morgan fingerprint density at radius 1 is 1.31 bits per heavy atom. The van der Waals surface area contributed by atoms with Gasteiger partial charge in [-0.25, -0.2) is 9.78 Å². The molecule has 1 aromatic heterocycles. The van der Waals surface area contributed by atoms with Gasteiger partial charge in [0.2, 0.25) is 5.88 Å². The highest BCUT2D eigenvalue weighted by atomic mass is 16.5. The summed E-state index contributed by atoms with van der Waals surface area (Å²) in [7, 11) is 1.65. The van der Waals surface area contributed by atoms with E-state index in [9.17, 15) is 4.79 Å². The molecule has 2 amide bonds. The van der Waals surface area contributed by atoms with Crippen molar-refractivity contribution in [3.63, 3.8) is 0 Å². The van der Waals surface area contributed by atoms with E-state index in [2.05, 4.69) is 15.3 Å². The largest absolute Gasteiger partial charge is 0.497 e. The number of methoxy groups -OCH3 is 1. The molecule has 1 N–H and O–H groups in total. The fourth-order valence-corrected chi connectivity index (χ4v) is 2.95. The first-order valence-corrected chi connectivity index (χ1v) is 8.83. The summed E-state index contributed by atoms with van der Waals surface area (Å²) in [6, 6.07) is 7.82. The minimum absolute atomic E-state index is 0.0483. The third-order valence-electron chi connectivity index (χ3n) is 4.34. The predicted octanol–water partition coefficient (Wildman–Crippen LogP) is 2.28. The summed E-state index contributed by atoms with van der Waals surface area (Å²) in [5.74, 6) is 1.33. The lowest BCUT2D eigenvalue weighted by molar-refractivity contribution is 0.0976. The molecule has 2 aromatic rings. The Kier molecular flexibility index (Phi) is 6.24. The van der Waals surface area contributed by atoms with Crippen LogP contribution in [0.25, 0.3) is 0 Å². The first-order valence-electron chi connectivity index (χ1n) is 8.83. The van der Waals surface area contributed by atoms with E-state index in [0.29, 0.717) is 19.0 Å². The van der Waals surface area contributed by atoms with E-state index in [-0.39, 0.29) is 12.1 Å². The highest BCUT2D eigenvalue weighted by molar-refractivity contribution is 5.74. The van der Waals surface area contributed by atoms with Crippen molar-refractivity contribution >= 4 is 6.03 Å². The number of nitrogens with zero attached hydrogens (tertiary/aromatic N) is 3. The molecular formula is C19H24N4O3. The molecule has 0 saturated carbocycles. The van der Waals surface area contributed by atoms with Crippen LogP contribution in [-0.4, -0.2) is 53.7 Å². The third kappa shape index (κ3) is 5.08. The number of carbonyl (C=O) groups is 1. The first kappa shape index (κ1) is 18.0. The summed E-state index contributed by atoms with van der Waals surface area (Å²) >= 11 is 0. The van der Waals surface area contributed by atoms with Crippen molar-refractivity contribution in [3.05, 3.63) is 48.4 Å². The Hall–Kier alpha value is -2.83. The second-order valence-electron chi connectivity index (χ2n) is 6.20. The monoisotopic (exact) mass is 356 g/mol. The van der Waals surface area contributed by atoms with E-state index in [0.717, 1.165) is 37.1 Å². The summed E-state index contributed by atoms with van der Waals surface area (Å²) in [6.07, 6.45) is 7.35. The number of rotatable bonds is 6. The molecule has 0 unspecified atom stereocenters. The lowest BCUT2D eigenvalue weighted by Crippen LogP contribution is -2.49. The maximum absolute atomic E-state index is 12.4. The molecule has 1 fully saturated rings. The number of carbonyl (C=O) groups excluding carboxylic acids is 1. The standard InChI is InChI=1S/C19H24N4O3/c1-25-16-6-4-15(5-7-16)8-9-22-19(24)23-12-2-3-17(14-23)26-18-13-20-10-11-21-18/h4-7,10-11,13,17H,2-3,8-9,12,14H2,1H3,(H,22,24)/t17-/m1/s1. The zero-order chi connectivity index (χ0) is 18.2. The summed E-state index contributed by atoms with van der Waals surface area (Å²) < 4.78 is 11.0. The average molecular weight is 356 g/mol. The SMILES string of the molecule is COc1ccc(CCNC(=O)N2CCC[C@@H](Oc3cnccn3)C2)cc1. The zero-order valence-corrected chi connectivity index (χ0v) is 14.9. The second-order valence-corrected chi connectivity index (χ2v) is 6.20. The summed E-state index contributed by atoms with van der Waals surface area (Å²) in [4.78, 5) is 22.3. The molecule has 3 rings (SSSR count). The van der Waals surface area contributed by atoms with Gasteiger partial charge in [-0.3, -0.25) is 4.98 Å². The van der Waals surface area contributed by atoms with Crippen LogP contribution in [0.3, 0.4) is 0 Å². The smallest absolute Gasteiger partial charge is 0.317 e. The van der Waals surface area contributed by atoms with Gasteiger partial charge in [0.15, 0.2) is 0 Å². The van der Waals surface area contributed by atoms with Gasteiger partial charge in [0.1, 0.15) is 11.9 Å². The van der Waals surface area contributed by atoms with Gasteiger partial charge in [-0.1, -0.05) is 12.1 Å². The number of likely N-dealkylation sites (tertiary alicyclic amines) is 1. The predicted molar refractivity (Wildman–Crippen MR) is 97.4 cm³/mol. The van der Waals surface area contributed by atoms with Gasteiger partial charge < -0.3 is 19.7 Å². The molecule has 26 heavy (non-hydrogen) atoms. The van der Waals surface area contributed by atoms with Crippen LogP contribution in [0.5, 0.6) is 11.6 Å². The van der Waals surface area contributed by atoms with Gasteiger partial charge in [-0.2, -0.15) is 0 Å². The van der Waals surface area contributed by atoms with E-state index in [1.165, 1.54) is 0 Å². The Morgan fingerprint density at radius 3 is 2.88 bits per heavy atom. The van der Waals surface area contributed by atoms with Crippen LogP contribution in [0.2, 0.25) is 0 Å². The van der Waals surface area contributed by atoms with Crippen LogP contribution < -0.4 is 14.8 Å². The van der Waals surface area contributed by atoms with E-state index >= 15 is 0 Å². The number of benzene rings is 1. The average Bonchev–Trinajstić information content (AvgIpc) is 2.69. The Balaban J connectivity index is 1.43. The summed E-state index contributed by atoms with van der Waals surface area (Å²) in [5, 5.41) is 2.99. The van der Waals surface area contributed by atoms with Crippen LogP contribution in [-0.2, 0) is 6.42 Å². The second kappa shape index (κ2) is 9.03. The highest BCUT2D eigenvalue weighted by Gasteiger charge is 2.25. The molecule has 7 nitrogen and oxygen atoms in total. The van der Waals surface area contributed by atoms with E-state index in [1.807, 2.05) is 24.3 Å². The highest BCUT2D eigenvalue weighted by Crippen LogP contribution is 2.16. The Morgan fingerprint density at radius 2 is 2.15 bits per heavy atom. The number of hydrogen-bond donors (Lipinski definition) is 1. The summed E-state index contributed by atoms with van der Waals surface area (Å²) in [5.41, 5.74) is 1.16. The van der Waals surface area contributed by atoms with Gasteiger partial charge in [0.05, 0.1) is 19.9 Å². The molecule has 0 radical (unpaired) electrons. The molecule has 7 heteroatoms. The van der Waals surface area contributed by atoms with E-state index in [1.54, 1.807) is 30.6 Å². The van der Waals surface area contributed by atoms with Gasteiger partial charge in [0.25, 0.3) is 0 Å². The van der Waals surface area contributed by atoms with Crippen molar-refractivity contribution in [2.45, 2.75) is 25.4 Å². The molecule has 1 saturated heterocycles. The van der Waals surface area contributed by atoms with Crippen molar-refractivity contribution in [1.82, 2.24) is 20.2 Å². The number of piperidine rings is 1. The molecule has 1 aliphatic rings. The van der Waals surface area contributed by atoms with Gasteiger partial charge in [-0.05, 0) is 37.0 Å². The number of urea groups is 1. The van der Waals surface area contributed by atoms with Gasteiger partial charge >= 0.3 is 6.03 Å². The van der Waals surface area contributed by atoms with Crippen molar-refractivity contribution in [1.29, 1.82) is 0 Å². The van der Waals surface area contributed by atoms with E-state index in [4.69, 9.17) is 9.47 Å². The van der Waals surface area contributed by atoms with Crippen molar-refractivity contribution < 1.29 is 14.3 Å². The van der Waals surface area contributed by atoms with Crippen molar-refractivity contribution in [2.75, 3.05) is 26.7 Å². The summed E-state index contributed by atoms with van der Waals surface area (Å²) in [6.45, 7) is 1.90. The van der Waals surface area contributed by atoms with E-state index < -0.39 is 0 Å². The minimum Gasteiger partial charge on any atom is -0.497 e. The lowest BCUT2D eigenvalue weighted by Gasteiger charge is -2.32. The number of nitrogens with one attached hydrogen (secondary N) is 1. The van der Waals surface area contributed by atoms with Crippen LogP contribution in [0.15, 0.2) is 42.9 Å². The third-order valence-corrected chi connectivity index (χ3v) is 4.34. The minimum atomic E-state index is -0.0500. The number of ether oxygens (including phenoxy) is 2. The molecule has 0 bridgehead atoms. The lowest BCUT2D eigenvalue weighted by atomic mass is 10.1. The first-order chi connectivity index (χ1) is 12.7. The Labute approximate surface area is 153 Å². The van der Waals surface area contributed by atoms with Crippen LogP contribution >= 0.6 is 0 Å². The fourth-order valence-electron chi connectivity index (χ4n) is 2.95. The maximum Gasteiger partial charge on any atom is 0.317 e. The quantitative estimate of drug-likeness (QED) is 0.859. The molecule has 0 spiro atoms. The number of aromatic nitrogens is 2. The van der Waals surface area contributed by atoms with Crippen molar-refractivity contribution in [2.24, 2.45) is 0 Å². The Bertz CT molecular complexity index is 694. The number of amides is 2. The normalized spacial score (nSPS) is 16.8. The molecule has 1 aromatic carbocycles. The molecule has 0 aliphatic carbocycles. The van der Waals surface area contributed by atoms with Crippen molar-refractivity contribution in [3.8, 4) is 11.6 Å². The molecule has 1 atom stereocenters. The molecule has 1 aliphatic heterocycles. The molecule has 138 valence electrons. The molecule has 2 heterocycles. The molecular weight excluding hydrogens is 332 g/mol. The topological polar surface area (TPSA) is 76.6 Å². The zero-order valence-electron chi connectivity index (χ0n) is 14.9. The van der Waals surface area contributed by atoms with Crippen LogP contribution in [0.4, 0.5) is 4.79 Å².